The molecule has 0 aliphatic heterocycles. The number of aromatic nitrogens is 2. The van der Waals surface area contributed by atoms with Crippen LogP contribution in [-0.4, -0.2) is 30.0 Å². The number of fused-ring (bicyclic) bond motifs is 1. The Morgan fingerprint density at radius 1 is 1.08 bits per heavy atom. The van der Waals surface area contributed by atoms with Crippen LogP contribution in [0, 0.1) is 0 Å². The fourth-order valence-electron chi connectivity index (χ4n) is 2.38. The lowest BCUT2D eigenvalue weighted by atomic mass is 10.1. The molecule has 0 radical (unpaired) electrons. The maximum atomic E-state index is 6.15. The quantitative estimate of drug-likeness (QED) is 0.379. The van der Waals surface area contributed by atoms with E-state index in [9.17, 15) is 0 Å². The minimum absolute atomic E-state index is 0.348. The smallest absolute Gasteiger partial charge is 0.253 e. The van der Waals surface area contributed by atoms with Crippen molar-refractivity contribution in [3.63, 3.8) is 0 Å². The zero-order chi connectivity index (χ0) is 17.1. The van der Waals surface area contributed by atoms with Gasteiger partial charge in [-0.2, -0.15) is 4.99 Å². The van der Waals surface area contributed by atoms with Crippen LogP contribution in [0.1, 0.15) is 0 Å². The molecule has 0 bridgehead atoms. The van der Waals surface area contributed by atoms with Crippen LogP contribution in [0.25, 0.3) is 22.2 Å². The lowest BCUT2D eigenvalue weighted by Crippen LogP contribution is -2.31. The van der Waals surface area contributed by atoms with Crippen LogP contribution in [0.3, 0.4) is 0 Å². The Morgan fingerprint density at radius 3 is 2.58 bits per heavy atom. The molecule has 0 unspecified atom stereocenters. The van der Waals surface area contributed by atoms with Crippen LogP contribution in [0.4, 0.5) is 11.6 Å². The standard InChI is InChI=1S/C17H17ClN6/c1-20-16(21-2)24-17-22-14-7-6-11(18)9-13(14)15(23-17)10-4-3-5-12(19)8-10/h3-9H,19H2,1-2H3,(H2,20,21,22,23,24). The van der Waals surface area contributed by atoms with Gasteiger partial charge in [0, 0.05) is 35.8 Å². The Bertz CT molecular complexity index is 916. The summed E-state index contributed by atoms with van der Waals surface area (Å²) in [4.78, 5) is 13.5. The molecule has 0 spiro atoms. The molecule has 0 amide bonds. The molecular formula is C17H17ClN6. The Labute approximate surface area is 144 Å². The number of nitrogens with zero attached hydrogens (tertiary/aromatic N) is 3. The van der Waals surface area contributed by atoms with Crippen LogP contribution in [0.15, 0.2) is 47.5 Å². The summed E-state index contributed by atoms with van der Waals surface area (Å²) in [5.74, 6) is 0.919. The van der Waals surface area contributed by atoms with E-state index >= 15 is 0 Å². The minimum atomic E-state index is 0.348. The molecule has 3 rings (SSSR count). The predicted molar refractivity (Wildman–Crippen MR) is 99.6 cm³/mol. The molecule has 0 saturated carbocycles. The molecule has 7 heteroatoms. The average molecular weight is 341 g/mol. The van der Waals surface area contributed by atoms with Gasteiger partial charge in [-0.15, -0.1) is 0 Å². The number of benzene rings is 2. The van der Waals surface area contributed by atoms with Gasteiger partial charge in [0.05, 0.1) is 11.2 Å². The van der Waals surface area contributed by atoms with Crippen molar-refractivity contribution in [2.45, 2.75) is 0 Å². The molecule has 6 nitrogen and oxygen atoms in total. The van der Waals surface area contributed by atoms with Crippen molar-refractivity contribution in [2.75, 3.05) is 19.8 Å². The second-order valence-corrected chi connectivity index (χ2v) is 5.56. The van der Waals surface area contributed by atoms with Gasteiger partial charge in [0.15, 0.2) is 5.96 Å². The van der Waals surface area contributed by atoms with Crippen molar-refractivity contribution in [1.82, 2.24) is 20.6 Å². The zero-order valence-electron chi connectivity index (χ0n) is 13.3. The largest absolute Gasteiger partial charge is 0.399 e. The summed E-state index contributed by atoms with van der Waals surface area (Å²) in [5, 5.41) is 7.36. The minimum Gasteiger partial charge on any atom is -0.399 e. The fourth-order valence-corrected chi connectivity index (χ4v) is 2.55. The van der Waals surface area contributed by atoms with E-state index in [0.29, 0.717) is 22.6 Å². The van der Waals surface area contributed by atoms with Crippen molar-refractivity contribution < 1.29 is 0 Å². The first kappa shape index (κ1) is 16.0. The van der Waals surface area contributed by atoms with Gasteiger partial charge in [0.1, 0.15) is 0 Å². The molecule has 0 atom stereocenters. The molecule has 24 heavy (non-hydrogen) atoms. The van der Waals surface area contributed by atoms with Crippen molar-refractivity contribution in [2.24, 2.45) is 4.99 Å². The zero-order valence-corrected chi connectivity index (χ0v) is 14.1. The van der Waals surface area contributed by atoms with Crippen LogP contribution in [-0.2, 0) is 0 Å². The van der Waals surface area contributed by atoms with Gasteiger partial charge in [0.25, 0.3) is 5.95 Å². The molecule has 4 N–H and O–H groups in total. The SMILES string of the molecule is CNC(=Nc1nc(-c2cccc(N)c2)c2cc(Cl)ccc2n1)NC. The molecule has 3 aromatic rings. The predicted octanol–water partition coefficient (Wildman–Crippen LogP) is 2.96. The fraction of sp³-hybridized carbons (Fsp3) is 0.118. The van der Waals surface area contributed by atoms with E-state index < -0.39 is 0 Å². The summed E-state index contributed by atoms with van der Waals surface area (Å²) in [6, 6.07) is 13.0. The maximum absolute atomic E-state index is 6.15. The first-order valence-corrected chi connectivity index (χ1v) is 7.76. The summed E-state index contributed by atoms with van der Waals surface area (Å²) >= 11 is 6.15. The number of halogens is 1. The molecule has 0 fully saturated rings. The summed E-state index contributed by atoms with van der Waals surface area (Å²) < 4.78 is 0. The number of rotatable bonds is 2. The molecule has 1 aromatic heterocycles. The van der Waals surface area contributed by atoms with E-state index in [1.807, 2.05) is 36.4 Å². The number of guanidine groups is 1. The van der Waals surface area contributed by atoms with Crippen molar-refractivity contribution >= 4 is 40.1 Å². The second kappa shape index (κ2) is 6.72. The van der Waals surface area contributed by atoms with Crippen LogP contribution < -0.4 is 16.4 Å². The Kier molecular flexibility index (Phi) is 4.48. The third kappa shape index (κ3) is 3.23. The van der Waals surface area contributed by atoms with Crippen molar-refractivity contribution in [3.8, 4) is 11.3 Å². The van der Waals surface area contributed by atoms with Gasteiger partial charge in [-0.3, -0.25) is 0 Å². The van der Waals surface area contributed by atoms with E-state index in [4.69, 9.17) is 17.3 Å². The highest BCUT2D eigenvalue weighted by atomic mass is 35.5. The van der Waals surface area contributed by atoms with Crippen LogP contribution in [0.2, 0.25) is 5.02 Å². The van der Waals surface area contributed by atoms with E-state index in [0.717, 1.165) is 22.2 Å². The third-order valence-corrected chi connectivity index (χ3v) is 3.73. The van der Waals surface area contributed by atoms with Gasteiger partial charge >= 0.3 is 0 Å². The molecule has 122 valence electrons. The van der Waals surface area contributed by atoms with Crippen molar-refractivity contribution in [3.05, 3.63) is 47.5 Å². The summed E-state index contributed by atoms with van der Waals surface area (Å²) in [6.07, 6.45) is 0. The Balaban J connectivity index is 2.28. The summed E-state index contributed by atoms with van der Waals surface area (Å²) in [7, 11) is 3.55. The number of aliphatic imine (C=N–C) groups is 1. The summed E-state index contributed by atoms with van der Waals surface area (Å²) in [5.41, 5.74) is 8.96. The molecule has 0 aliphatic rings. The lowest BCUT2D eigenvalue weighted by Gasteiger charge is -2.09. The Morgan fingerprint density at radius 2 is 1.88 bits per heavy atom. The number of hydrogen-bond donors (Lipinski definition) is 3. The normalized spacial score (nSPS) is 10.5. The molecule has 1 heterocycles. The topological polar surface area (TPSA) is 88.2 Å². The monoisotopic (exact) mass is 340 g/mol. The first-order chi connectivity index (χ1) is 11.6. The van der Waals surface area contributed by atoms with E-state index in [1.54, 1.807) is 20.2 Å². The van der Waals surface area contributed by atoms with E-state index in [2.05, 4.69) is 25.6 Å². The van der Waals surface area contributed by atoms with Gasteiger partial charge < -0.3 is 16.4 Å². The van der Waals surface area contributed by atoms with E-state index in [-0.39, 0.29) is 0 Å². The van der Waals surface area contributed by atoms with Gasteiger partial charge in [-0.1, -0.05) is 23.7 Å². The molecular weight excluding hydrogens is 324 g/mol. The number of anilines is 1. The number of nitrogen functional groups attached to an aromatic ring is 1. The van der Waals surface area contributed by atoms with E-state index in [1.165, 1.54) is 0 Å². The number of nitrogens with two attached hydrogens (primary N) is 1. The number of hydrogen-bond acceptors (Lipinski definition) is 4. The van der Waals surface area contributed by atoms with Gasteiger partial charge in [0.2, 0.25) is 0 Å². The first-order valence-electron chi connectivity index (χ1n) is 7.38. The van der Waals surface area contributed by atoms with Crippen molar-refractivity contribution in [1.29, 1.82) is 0 Å². The average Bonchev–Trinajstić information content (AvgIpc) is 2.59. The summed E-state index contributed by atoms with van der Waals surface area (Å²) in [6.45, 7) is 0. The highest BCUT2D eigenvalue weighted by Gasteiger charge is 2.11. The second-order valence-electron chi connectivity index (χ2n) is 5.12. The molecule has 0 aliphatic carbocycles. The van der Waals surface area contributed by atoms with Crippen LogP contribution in [0.5, 0.6) is 0 Å². The molecule has 0 saturated heterocycles. The highest BCUT2D eigenvalue weighted by Crippen LogP contribution is 2.30. The lowest BCUT2D eigenvalue weighted by molar-refractivity contribution is 1.01. The third-order valence-electron chi connectivity index (χ3n) is 3.49. The molecule has 2 aromatic carbocycles. The number of nitrogens with one attached hydrogen (secondary N) is 2. The maximum Gasteiger partial charge on any atom is 0.253 e. The van der Waals surface area contributed by atoms with Gasteiger partial charge in [-0.05, 0) is 30.3 Å². The highest BCUT2D eigenvalue weighted by molar-refractivity contribution is 6.31. The van der Waals surface area contributed by atoms with Crippen LogP contribution >= 0.6 is 11.6 Å². The van der Waals surface area contributed by atoms with Gasteiger partial charge in [-0.25, -0.2) is 9.97 Å². The Hall–Kier alpha value is -2.86.